The van der Waals surface area contributed by atoms with Crippen LogP contribution in [0.4, 0.5) is 4.39 Å². The van der Waals surface area contributed by atoms with Crippen LogP contribution in [0.15, 0.2) is 34.9 Å². The number of halogens is 2. The van der Waals surface area contributed by atoms with Crippen molar-refractivity contribution in [1.29, 1.82) is 0 Å². The highest BCUT2D eigenvalue weighted by atomic mass is 79.9. The number of aromatic nitrogens is 1. The molecule has 4 aliphatic rings. The van der Waals surface area contributed by atoms with Crippen LogP contribution in [0.1, 0.15) is 81.2 Å². The summed E-state index contributed by atoms with van der Waals surface area (Å²) in [6.45, 7) is 3.74. The van der Waals surface area contributed by atoms with Crippen molar-refractivity contribution in [1.82, 2.24) is 25.4 Å². The number of hydrogen-bond acceptors (Lipinski definition) is 10. The molecular weight excluding hydrogens is 779 g/mol. The third-order valence-electron chi connectivity index (χ3n) is 10.8. The van der Waals surface area contributed by atoms with Crippen molar-refractivity contribution in [3.05, 3.63) is 62.8 Å². The van der Waals surface area contributed by atoms with Gasteiger partial charge in [-0.1, -0.05) is 24.8 Å². The van der Waals surface area contributed by atoms with Crippen molar-refractivity contribution in [3.63, 3.8) is 0 Å². The molecule has 0 spiro atoms. The van der Waals surface area contributed by atoms with Gasteiger partial charge in [0.05, 0.1) is 35.4 Å². The number of nitrogens with two attached hydrogens (primary N) is 1. The molecule has 5 heterocycles. The van der Waals surface area contributed by atoms with Gasteiger partial charge in [0, 0.05) is 46.2 Å². The molecular formula is C39H38BrFN6O8. The number of carbonyl (C=O) groups excluding carboxylic acids is 6. The molecule has 0 aliphatic carbocycles. The van der Waals surface area contributed by atoms with Crippen LogP contribution in [0, 0.1) is 23.7 Å². The van der Waals surface area contributed by atoms with E-state index in [0.29, 0.717) is 46.9 Å². The molecule has 4 N–H and O–H groups in total. The first-order chi connectivity index (χ1) is 26.4. The van der Waals surface area contributed by atoms with E-state index in [9.17, 15) is 33.2 Å². The molecule has 6 amide bonds. The monoisotopic (exact) mass is 816 g/mol. The molecule has 0 radical (unpaired) electrons. The van der Waals surface area contributed by atoms with Crippen molar-refractivity contribution >= 4 is 62.1 Å². The topological polar surface area (TPSA) is 190 Å². The van der Waals surface area contributed by atoms with Gasteiger partial charge >= 0.3 is 0 Å². The maximum absolute atomic E-state index is 14.4. The Bertz CT molecular complexity index is 2210. The Labute approximate surface area is 323 Å². The summed E-state index contributed by atoms with van der Waals surface area (Å²) in [4.78, 5) is 82.8. The lowest BCUT2D eigenvalue weighted by Crippen LogP contribution is -2.54. The van der Waals surface area contributed by atoms with E-state index in [2.05, 4.69) is 48.3 Å². The minimum atomic E-state index is -1.61. The first kappa shape index (κ1) is 37.9. The maximum Gasteiger partial charge on any atom is 0.263 e. The Kier molecular flexibility index (Phi) is 10.6. The van der Waals surface area contributed by atoms with E-state index in [1.54, 1.807) is 30.5 Å². The highest BCUT2D eigenvalue weighted by molar-refractivity contribution is 9.10. The van der Waals surface area contributed by atoms with Gasteiger partial charge in [-0.25, -0.2) is 9.37 Å². The van der Waals surface area contributed by atoms with Crippen LogP contribution in [0.25, 0.3) is 10.8 Å². The van der Waals surface area contributed by atoms with Crippen LogP contribution in [-0.4, -0.2) is 95.3 Å². The summed E-state index contributed by atoms with van der Waals surface area (Å²) < 4.78 is 26.4. The number of primary amides is 1. The average Bonchev–Trinajstić information content (AvgIpc) is 3.59. The van der Waals surface area contributed by atoms with Gasteiger partial charge in [0.1, 0.15) is 18.4 Å². The lowest BCUT2D eigenvalue weighted by atomic mass is 9.95. The fourth-order valence-electron chi connectivity index (χ4n) is 7.75. The van der Waals surface area contributed by atoms with Gasteiger partial charge in [-0.05, 0) is 78.5 Å². The summed E-state index contributed by atoms with van der Waals surface area (Å²) in [5, 5.41) is 5.95. The number of likely N-dealkylation sites (tertiary alicyclic amines) is 1. The fraction of sp³-hybridized carbons (Fsp3) is 0.410. The highest BCUT2D eigenvalue weighted by Crippen LogP contribution is 2.36. The number of alkyl halides is 1. The Morgan fingerprint density at radius 1 is 1.07 bits per heavy atom. The van der Waals surface area contributed by atoms with Crippen molar-refractivity contribution in [2.24, 2.45) is 17.6 Å². The third-order valence-corrected chi connectivity index (χ3v) is 11.7. The zero-order valence-corrected chi connectivity index (χ0v) is 31.7. The van der Waals surface area contributed by atoms with Gasteiger partial charge in [-0.15, -0.1) is 0 Å². The minimum absolute atomic E-state index is 0.00643. The third kappa shape index (κ3) is 7.14. The van der Waals surface area contributed by atoms with Crippen LogP contribution in [0.3, 0.4) is 0 Å². The highest BCUT2D eigenvalue weighted by Gasteiger charge is 2.46. The SMILES string of the molecule is CC[C@@H]1[C@H](F)C(=O)N[C@@H]1COc1ncc(C#CC2CCN(Cc3ccc4c(c3Br)C(=O)N(C3CCC(=O)NC3=O)C4=O)CC2)c2cc(C(N)=O)c(OC)cc12. The first-order valence-electron chi connectivity index (χ1n) is 18.0. The number of ether oxygens (including phenoxy) is 2. The van der Waals surface area contributed by atoms with Gasteiger partial charge in [-0.2, -0.15) is 0 Å². The summed E-state index contributed by atoms with van der Waals surface area (Å²) in [6, 6.07) is 5.04. The number of nitrogens with one attached hydrogen (secondary N) is 2. The second kappa shape index (κ2) is 15.4. The fourth-order valence-corrected chi connectivity index (χ4v) is 8.39. The molecule has 4 aliphatic heterocycles. The number of rotatable bonds is 9. The molecule has 55 heavy (non-hydrogen) atoms. The van der Waals surface area contributed by atoms with Gasteiger partial charge in [0.2, 0.25) is 17.7 Å². The number of benzene rings is 2. The summed E-state index contributed by atoms with van der Waals surface area (Å²) in [6.07, 6.45) is 2.03. The minimum Gasteiger partial charge on any atom is -0.496 e. The number of fused-ring (bicyclic) bond motifs is 2. The predicted octanol–water partition coefficient (Wildman–Crippen LogP) is 3.01. The van der Waals surface area contributed by atoms with Crippen molar-refractivity contribution < 1.29 is 42.6 Å². The molecule has 0 bridgehead atoms. The number of piperidine rings is 2. The Morgan fingerprint density at radius 2 is 1.84 bits per heavy atom. The van der Waals surface area contributed by atoms with Crippen molar-refractivity contribution in [3.8, 4) is 23.5 Å². The first-order valence-corrected chi connectivity index (χ1v) is 18.8. The van der Waals surface area contributed by atoms with E-state index in [1.165, 1.54) is 7.11 Å². The largest absolute Gasteiger partial charge is 0.496 e. The van der Waals surface area contributed by atoms with E-state index in [-0.39, 0.29) is 53.7 Å². The van der Waals surface area contributed by atoms with Gasteiger partial charge in [-0.3, -0.25) is 43.9 Å². The zero-order chi connectivity index (χ0) is 39.1. The molecule has 2 aromatic carbocycles. The Balaban J connectivity index is 1.05. The number of amides is 6. The molecule has 286 valence electrons. The predicted molar refractivity (Wildman–Crippen MR) is 199 cm³/mol. The van der Waals surface area contributed by atoms with E-state index >= 15 is 0 Å². The standard InChI is InChI=1S/C39H38BrFN6O8/c1-3-22-27(44-36(51)33(22)41)18-55-37-25-15-29(54-2)26(34(42)49)14-24(25)20(16-43-37)5-4-19-10-12-46(13-11-19)17-21-6-7-23-31(32(21)40)39(53)47(38(23)52)28-8-9-30(48)45-35(28)50/h6-7,14-16,19,22,27-28,33H,3,8-13,17-18H2,1-2H3,(H2,42,49)(H,44,51)(H,45,48,50)/t22-,27+,28?,33-/m0/s1. The molecule has 16 heteroatoms. The van der Waals surface area contributed by atoms with Gasteiger partial charge in [0.15, 0.2) is 6.17 Å². The molecule has 3 saturated heterocycles. The molecule has 3 aromatic rings. The second-order valence-electron chi connectivity index (χ2n) is 14.1. The Hall–Kier alpha value is -5.40. The van der Waals surface area contributed by atoms with E-state index in [1.807, 2.05) is 6.92 Å². The molecule has 3 fully saturated rings. The molecule has 7 rings (SSSR count). The molecule has 14 nitrogen and oxygen atoms in total. The smallest absolute Gasteiger partial charge is 0.263 e. The number of methoxy groups -OCH3 is 1. The number of hydrogen-bond donors (Lipinski definition) is 3. The van der Waals surface area contributed by atoms with Crippen LogP contribution in [-0.2, 0) is 20.9 Å². The normalized spacial score (nSPS) is 23.0. The van der Waals surface area contributed by atoms with E-state index < -0.39 is 59.6 Å². The van der Waals surface area contributed by atoms with Crippen LogP contribution in [0.2, 0.25) is 0 Å². The summed E-state index contributed by atoms with van der Waals surface area (Å²) in [5.74, 6) is 3.00. The molecule has 4 atom stereocenters. The quantitative estimate of drug-likeness (QED) is 0.214. The van der Waals surface area contributed by atoms with Gasteiger partial charge < -0.3 is 20.5 Å². The van der Waals surface area contributed by atoms with E-state index in [4.69, 9.17) is 15.2 Å². The molecule has 1 unspecified atom stereocenters. The summed E-state index contributed by atoms with van der Waals surface area (Å²) in [7, 11) is 1.42. The molecule has 0 saturated carbocycles. The number of nitrogens with zero attached hydrogens (tertiary/aromatic N) is 3. The summed E-state index contributed by atoms with van der Waals surface area (Å²) >= 11 is 3.56. The lowest BCUT2D eigenvalue weighted by Gasteiger charge is -2.30. The number of carbonyl (C=O) groups is 6. The number of pyridine rings is 1. The second-order valence-corrected chi connectivity index (χ2v) is 14.9. The lowest BCUT2D eigenvalue weighted by molar-refractivity contribution is -0.136. The van der Waals surface area contributed by atoms with E-state index in [0.717, 1.165) is 23.3 Å². The summed E-state index contributed by atoms with van der Waals surface area (Å²) in [5.41, 5.74) is 7.63. The van der Waals surface area contributed by atoms with Crippen LogP contribution in [0.5, 0.6) is 11.6 Å². The van der Waals surface area contributed by atoms with Crippen LogP contribution < -0.4 is 25.8 Å². The maximum atomic E-state index is 14.4. The number of imide groups is 2. The van der Waals surface area contributed by atoms with Crippen molar-refractivity contribution in [2.75, 3.05) is 26.8 Å². The average molecular weight is 818 g/mol. The van der Waals surface area contributed by atoms with Crippen LogP contribution >= 0.6 is 15.9 Å². The van der Waals surface area contributed by atoms with Crippen molar-refractivity contribution in [2.45, 2.75) is 63.8 Å². The van der Waals surface area contributed by atoms with Gasteiger partial charge in [0.25, 0.3) is 23.6 Å². The Morgan fingerprint density at radius 3 is 2.53 bits per heavy atom. The molecule has 1 aromatic heterocycles. The zero-order valence-electron chi connectivity index (χ0n) is 30.1.